The molecule has 13 rings (SSSR count). The van der Waals surface area contributed by atoms with E-state index in [2.05, 4.69) is 136 Å². The first kappa shape index (κ1) is 49.8. The lowest BCUT2D eigenvalue weighted by molar-refractivity contribution is 0.711. The Morgan fingerprint density at radius 1 is 0.197 bits per heavy atom. The SMILES string of the molecule is Clc1c(N(c2ccc3c(c2)CCCCC3)c2ccc3c(c2)CCCCC3)cc(N(c2ccc3c(c2)CCCCC3)c2ccc3c(c2)CCCCC3)cc1N(c1ccc2c(c1)CCCCC2)c1ccc2c(c1)CCCCC2. The average molecular weight is 1020 g/mol. The van der Waals surface area contributed by atoms with Gasteiger partial charge in [-0.25, -0.2) is 0 Å². The van der Waals surface area contributed by atoms with Crippen LogP contribution in [0.1, 0.15) is 182 Å². The summed E-state index contributed by atoms with van der Waals surface area (Å²) >= 11 is 8.57. The molecule has 7 aromatic rings. The maximum atomic E-state index is 8.57. The molecule has 0 fully saturated rings. The monoisotopic (exact) mass is 1020 g/mol. The van der Waals surface area contributed by atoms with Crippen molar-refractivity contribution in [2.45, 2.75) is 193 Å². The average Bonchev–Trinajstić information content (AvgIpc) is 4.15. The van der Waals surface area contributed by atoms with Gasteiger partial charge in [0.05, 0.1) is 22.1 Å². The highest BCUT2D eigenvalue weighted by Crippen LogP contribution is 2.52. The second-order valence-corrected chi connectivity index (χ2v) is 24.3. The molecule has 0 radical (unpaired) electrons. The molecule has 6 aliphatic rings. The van der Waals surface area contributed by atoms with Crippen molar-refractivity contribution in [3.05, 3.63) is 193 Å². The van der Waals surface area contributed by atoms with Crippen molar-refractivity contribution in [1.82, 2.24) is 0 Å². The summed E-state index contributed by atoms with van der Waals surface area (Å²) in [6, 6.07) is 49.6. The molecule has 76 heavy (non-hydrogen) atoms. The van der Waals surface area contributed by atoms with Crippen LogP contribution in [-0.2, 0) is 77.0 Å². The van der Waals surface area contributed by atoms with E-state index in [0.29, 0.717) is 0 Å². The Labute approximate surface area is 460 Å². The van der Waals surface area contributed by atoms with Gasteiger partial charge < -0.3 is 14.7 Å². The molecule has 0 N–H and O–H groups in total. The molecule has 0 aromatic heterocycles. The highest BCUT2D eigenvalue weighted by molar-refractivity contribution is 6.37. The van der Waals surface area contributed by atoms with Gasteiger partial charge in [-0.2, -0.15) is 0 Å². The predicted molar refractivity (Wildman–Crippen MR) is 323 cm³/mol. The summed E-state index contributed by atoms with van der Waals surface area (Å²) in [6.07, 6.45) is 36.5. The van der Waals surface area contributed by atoms with Gasteiger partial charge in [0, 0.05) is 34.1 Å². The first-order valence-corrected chi connectivity index (χ1v) is 30.9. The Balaban J connectivity index is 1.10. The van der Waals surface area contributed by atoms with E-state index in [-0.39, 0.29) is 0 Å². The van der Waals surface area contributed by atoms with Crippen LogP contribution in [-0.4, -0.2) is 0 Å². The van der Waals surface area contributed by atoms with Gasteiger partial charge in [-0.05, 0) is 306 Å². The van der Waals surface area contributed by atoms with Gasteiger partial charge in [-0.3, -0.25) is 0 Å². The van der Waals surface area contributed by atoms with Crippen molar-refractivity contribution in [3.8, 4) is 0 Å². The van der Waals surface area contributed by atoms with Crippen LogP contribution >= 0.6 is 11.6 Å². The summed E-state index contributed by atoms with van der Waals surface area (Å²) in [4.78, 5) is 7.77. The molecule has 0 heterocycles. The van der Waals surface area contributed by atoms with E-state index in [1.54, 1.807) is 0 Å². The fourth-order valence-electron chi connectivity index (χ4n) is 14.6. The third-order valence-corrected chi connectivity index (χ3v) is 19.2. The minimum Gasteiger partial charge on any atom is -0.310 e. The number of hydrogen-bond donors (Lipinski definition) is 0. The minimum absolute atomic E-state index is 0.780. The maximum absolute atomic E-state index is 8.57. The van der Waals surface area contributed by atoms with Gasteiger partial charge in [0.2, 0.25) is 0 Å². The molecule has 0 saturated carbocycles. The van der Waals surface area contributed by atoms with Crippen LogP contribution in [0.4, 0.5) is 51.2 Å². The minimum atomic E-state index is 0.780. The molecule has 0 saturated heterocycles. The molecule has 0 unspecified atom stereocenters. The maximum Gasteiger partial charge on any atom is 0.0888 e. The van der Waals surface area contributed by atoms with Crippen LogP contribution in [0.3, 0.4) is 0 Å². The van der Waals surface area contributed by atoms with Crippen LogP contribution in [0.15, 0.2) is 121 Å². The van der Waals surface area contributed by atoms with E-state index in [9.17, 15) is 0 Å². The van der Waals surface area contributed by atoms with E-state index in [4.69, 9.17) is 11.6 Å². The molecule has 390 valence electrons. The first-order chi connectivity index (χ1) is 37.6. The van der Waals surface area contributed by atoms with Gasteiger partial charge in [0.15, 0.2) is 0 Å². The van der Waals surface area contributed by atoms with Gasteiger partial charge in [-0.1, -0.05) is 86.5 Å². The fourth-order valence-corrected chi connectivity index (χ4v) is 14.8. The molecular weight excluding hydrogens is 942 g/mol. The third kappa shape index (κ3) is 10.4. The Kier molecular flexibility index (Phi) is 14.8. The number of benzene rings is 7. The van der Waals surface area contributed by atoms with Crippen molar-refractivity contribution in [3.63, 3.8) is 0 Å². The zero-order chi connectivity index (χ0) is 50.8. The van der Waals surface area contributed by atoms with Crippen molar-refractivity contribution in [2.24, 2.45) is 0 Å². The molecule has 0 spiro atoms. The summed E-state index contributed by atoms with van der Waals surface area (Å²) in [7, 11) is 0. The standard InChI is InChI=1S/C72H80ClN3/c73-72-70(75(65-39-33-53-21-9-3-15-27-59(53)45-65)66-40-34-54-22-10-4-16-28-60(54)46-66)49-69(74(63-37-31-51-19-7-1-13-25-57(51)43-63)64-38-32-52-20-8-2-14-26-58(52)44-64)50-71(72)76(67-41-35-55-23-11-5-17-29-61(55)47-67)68-42-36-56-24-12-6-18-30-62(56)48-68/h31-50H,1-30H2. The highest BCUT2D eigenvalue weighted by Gasteiger charge is 2.29. The molecule has 4 heteroatoms. The van der Waals surface area contributed by atoms with Crippen LogP contribution < -0.4 is 14.7 Å². The predicted octanol–water partition coefficient (Wildman–Crippen LogP) is 20.4. The topological polar surface area (TPSA) is 9.72 Å². The van der Waals surface area contributed by atoms with Crippen LogP contribution in [0.5, 0.6) is 0 Å². The van der Waals surface area contributed by atoms with E-state index >= 15 is 0 Å². The lowest BCUT2D eigenvalue weighted by Crippen LogP contribution is -2.18. The van der Waals surface area contributed by atoms with E-state index in [1.165, 1.54) is 216 Å². The van der Waals surface area contributed by atoms with E-state index < -0.39 is 0 Å². The van der Waals surface area contributed by atoms with Crippen molar-refractivity contribution < 1.29 is 0 Å². The van der Waals surface area contributed by atoms with Crippen molar-refractivity contribution in [2.75, 3.05) is 14.7 Å². The molecule has 0 atom stereocenters. The van der Waals surface area contributed by atoms with Crippen LogP contribution in [0, 0.1) is 0 Å². The van der Waals surface area contributed by atoms with Crippen LogP contribution in [0.2, 0.25) is 5.02 Å². The number of nitrogens with zero attached hydrogens (tertiary/aromatic N) is 3. The number of aryl methyl sites for hydroxylation is 12. The van der Waals surface area contributed by atoms with E-state index in [1.807, 2.05) is 0 Å². The largest absolute Gasteiger partial charge is 0.310 e. The van der Waals surface area contributed by atoms with Gasteiger partial charge in [0.25, 0.3) is 0 Å². The Morgan fingerprint density at radius 2 is 0.395 bits per heavy atom. The molecule has 6 aliphatic carbocycles. The quantitative estimate of drug-likeness (QED) is 0.133. The third-order valence-electron chi connectivity index (χ3n) is 18.8. The lowest BCUT2D eigenvalue weighted by atomic mass is 9.98. The molecule has 0 amide bonds. The fraction of sp³-hybridized carbons (Fsp3) is 0.417. The summed E-state index contributed by atoms with van der Waals surface area (Å²) in [5.41, 5.74) is 28.6. The normalized spacial score (nSPS) is 17.5. The number of fused-ring (bicyclic) bond motifs is 6. The second kappa shape index (κ2) is 22.7. The van der Waals surface area contributed by atoms with E-state index in [0.717, 1.165) is 99.1 Å². The zero-order valence-electron chi connectivity index (χ0n) is 45.5. The second-order valence-electron chi connectivity index (χ2n) is 23.9. The first-order valence-electron chi connectivity index (χ1n) is 30.5. The number of rotatable bonds is 9. The highest BCUT2D eigenvalue weighted by atomic mass is 35.5. The van der Waals surface area contributed by atoms with Crippen molar-refractivity contribution in [1.29, 1.82) is 0 Å². The Morgan fingerprint density at radius 3 is 0.618 bits per heavy atom. The zero-order valence-corrected chi connectivity index (χ0v) is 46.2. The molecule has 0 bridgehead atoms. The molecule has 7 aromatic carbocycles. The number of halogens is 1. The lowest BCUT2D eigenvalue weighted by Gasteiger charge is -2.35. The van der Waals surface area contributed by atoms with Crippen LogP contribution in [0.25, 0.3) is 0 Å². The Hall–Kier alpha value is -5.77. The number of hydrogen-bond acceptors (Lipinski definition) is 3. The molecule has 3 nitrogen and oxygen atoms in total. The number of anilines is 9. The summed E-state index contributed by atoms with van der Waals surface area (Å²) in [5.74, 6) is 0. The van der Waals surface area contributed by atoms with Crippen molar-refractivity contribution >= 4 is 62.8 Å². The summed E-state index contributed by atoms with van der Waals surface area (Å²) in [6.45, 7) is 0. The Bertz CT molecular complexity index is 2900. The smallest absolute Gasteiger partial charge is 0.0888 e. The summed E-state index contributed by atoms with van der Waals surface area (Å²) in [5, 5.41) is 0.780. The van der Waals surface area contributed by atoms with Gasteiger partial charge in [0.1, 0.15) is 0 Å². The molecular formula is C72H80ClN3. The summed E-state index contributed by atoms with van der Waals surface area (Å²) < 4.78 is 0. The molecule has 0 aliphatic heterocycles. The van der Waals surface area contributed by atoms with Gasteiger partial charge >= 0.3 is 0 Å². The van der Waals surface area contributed by atoms with Gasteiger partial charge in [-0.15, -0.1) is 0 Å².